The first-order valence-electron chi connectivity index (χ1n) is 5.67. The van der Waals surface area contributed by atoms with Gasteiger partial charge in [-0.25, -0.2) is 0 Å². The molecule has 5 heteroatoms. The third kappa shape index (κ3) is 3.46. The largest absolute Gasteiger partial charge is 0.141 e. The molecule has 0 radical (unpaired) electrons. The van der Waals surface area contributed by atoms with Crippen molar-refractivity contribution >= 4 is 34.9 Å². The Kier molecular flexibility index (Phi) is 4.30. The average Bonchev–Trinajstić information content (AvgIpc) is 2.72. The van der Waals surface area contributed by atoms with Gasteiger partial charge in [-0.05, 0) is 23.1 Å². The molecule has 0 aliphatic rings. The monoisotopic (exact) mass is 298 g/mol. The van der Waals surface area contributed by atoms with E-state index in [0.717, 1.165) is 11.4 Å². The molecule has 0 bridgehead atoms. The second kappa shape index (κ2) is 5.59. The van der Waals surface area contributed by atoms with Gasteiger partial charge in [0.2, 0.25) is 0 Å². The van der Waals surface area contributed by atoms with E-state index in [2.05, 4.69) is 54.6 Å². The molecule has 0 saturated carbocycles. The maximum atomic E-state index is 5.97. The van der Waals surface area contributed by atoms with Crippen molar-refractivity contribution < 1.29 is 0 Å². The van der Waals surface area contributed by atoms with Crippen LogP contribution in [0.4, 0.5) is 0 Å². The molecule has 2 rings (SSSR count). The van der Waals surface area contributed by atoms with Crippen LogP contribution >= 0.6 is 34.9 Å². The SMILES string of the molecule is CC(C)(C)c1ccc(SCc2nnsc2Cl)cc1. The molecule has 0 amide bonds. The Bertz CT molecular complexity index is 515. The fourth-order valence-corrected chi connectivity index (χ4v) is 3.12. The number of hydrogen-bond acceptors (Lipinski definition) is 4. The van der Waals surface area contributed by atoms with Crippen LogP contribution < -0.4 is 0 Å². The molecule has 0 unspecified atom stereocenters. The van der Waals surface area contributed by atoms with Crippen LogP contribution in [0.5, 0.6) is 0 Å². The molecule has 1 aromatic heterocycles. The summed E-state index contributed by atoms with van der Waals surface area (Å²) >= 11 is 8.94. The van der Waals surface area contributed by atoms with Gasteiger partial charge in [0.15, 0.2) is 0 Å². The van der Waals surface area contributed by atoms with Crippen LogP contribution in [0.1, 0.15) is 32.0 Å². The normalized spacial score (nSPS) is 11.8. The van der Waals surface area contributed by atoms with Crippen LogP contribution in [0.2, 0.25) is 4.34 Å². The highest BCUT2D eigenvalue weighted by atomic mass is 35.5. The highest BCUT2D eigenvalue weighted by molar-refractivity contribution is 7.98. The first-order valence-corrected chi connectivity index (χ1v) is 7.80. The number of aromatic nitrogens is 2. The van der Waals surface area contributed by atoms with Crippen molar-refractivity contribution in [3.8, 4) is 0 Å². The lowest BCUT2D eigenvalue weighted by Gasteiger charge is -2.18. The lowest BCUT2D eigenvalue weighted by molar-refractivity contribution is 0.590. The van der Waals surface area contributed by atoms with Crippen LogP contribution in [0, 0.1) is 0 Å². The van der Waals surface area contributed by atoms with Crippen LogP contribution in [0.15, 0.2) is 29.2 Å². The second-order valence-electron chi connectivity index (χ2n) is 5.06. The van der Waals surface area contributed by atoms with Gasteiger partial charge in [0.1, 0.15) is 10.0 Å². The lowest BCUT2D eigenvalue weighted by Crippen LogP contribution is -2.10. The number of rotatable bonds is 3. The van der Waals surface area contributed by atoms with Gasteiger partial charge in [0.25, 0.3) is 0 Å². The molecule has 96 valence electrons. The molecule has 0 fully saturated rings. The fourth-order valence-electron chi connectivity index (χ4n) is 1.49. The zero-order valence-electron chi connectivity index (χ0n) is 10.6. The molecule has 0 aliphatic carbocycles. The van der Waals surface area contributed by atoms with Gasteiger partial charge in [-0.3, -0.25) is 0 Å². The van der Waals surface area contributed by atoms with Crippen LogP contribution in [0.3, 0.4) is 0 Å². The summed E-state index contributed by atoms with van der Waals surface area (Å²) in [6, 6.07) is 8.67. The molecular formula is C13H15ClN2S2. The van der Waals surface area contributed by atoms with Crippen molar-refractivity contribution in [1.82, 2.24) is 9.59 Å². The summed E-state index contributed by atoms with van der Waals surface area (Å²) in [7, 11) is 0. The number of thioether (sulfide) groups is 1. The van der Waals surface area contributed by atoms with Crippen molar-refractivity contribution in [3.05, 3.63) is 39.9 Å². The van der Waals surface area contributed by atoms with Gasteiger partial charge in [-0.2, -0.15) is 0 Å². The first kappa shape index (κ1) is 13.8. The Labute approximate surface area is 121 Å². The average molecular weight is 299 g/mol. The minimum absolute atomic E-state index is 0.200. The number of halogens is 1. The number of benzene rings is 1. The molecule has 18 heavy (non-hydrogen) atoms. The Morgan fingerprint density at radius 2 is 1.89 bits per heavy atom. The first-order chi connectivity index (χ1) is 8.47. The summed E-state index contributed by atoms with van der Waals surface area (Å²) in [5, 5.41) is 4.00. The smallest absolute Gasteiger partial charge is 0.138 e. The Morgan fingerprint density at radius 1 is 1.22 bits per heavy atom. The Morgan fingerprint density at radius 3 is 2.39 bits per heavy atom. The minimum atomic E-state index is 0.200. The molecule has 0 aliphatic heterocycles. The standard InChI is InChI=1S/C13H15ClN2S2/c1-13(2,3)9-4-6-10(7-5-9)17-8-11-12(14)18-16-15-11/h4-7H,8H2,1-3H3. The summed E-state index contributed by atoms with van der Waals surface area (Å²) in [4.78, 5) is 1.23. The molecule has 0 spiro atoms. The zero-order chi connectivity index (χ0) is 13.2. The summed E-state index contributed by atoms with van der Waals surface area (Å²) in [5.41, 5.74) is 2.41. The highest BCUT2D eigenvalue weighted by Gasteiger charge is 2.13. The van der Waals surface area contributed by atoms with E-state index >= 15 is 0 Å². The highest BCUT2D eigenvalue weighted by Crippen LogP contribution is 2.29. The molecule has 0 saturated heterocycles. The van der Waals surface area contributed by atoms with Crippen molar-refractivity contribution in [3.63, 3.8) is 0 Å². The fraction of sp³-hybridized carbons (Fsp3) is 0.385. The third-order valence-corrected chi connectivity index (χ3v) is 4.61. The minimum Gasteiger partial charge on any atom is -0.141 e. The molecule has 0 atom stereocenters. The van der Waals surface area contributed by atoms with Crippen LogP contribution in [-0.2, 0) is 11.2 Å². The summed E-state index contributed by atoms with van der Waals surface area (Å²) in [6.45, 7) is 6.65. The van der Waals surface area contributed by atoms with E-state index in [9.17, 15) is 0 Å². The third-order valence-electron chi connectivity index (χ3n) is 2.61. The van der Waals surface area contributed by atoms with Gasteiger partial charge in [-0.15, -0.1) is 16.9 Å². The van der Waals surface area contributed by atoms with E-state index in [4.69, 9.17) is 11.6 Å². The van der Waals surface area contributed by atoms with Gasteiger partial charge < -0.3 is 0 Å². The second-order valence-corrected chi connectivity index (χ2v) is 7.46. The van der Waals surface area contributed by atoms with E-state index in [0.29, 0.717) is 4.34 Å². The van der Waals surface area contributed by atoms with Gasteiger partial charge in [0.05, 0.1) is 0 Å². The predicted octanol–water partition coefficient (Wildman–Crippen LogP) is 4.78. The molecule has 2 nitrogen and oxygen atoms in total. The van der Waals surface area contributed by atoms with E-state index in [1.807, 2.05) is 0 Å². The van der Waals surface area contributed by atoms with Gasteiger partial charge >= 0.3 is 0 Å². The Balaban J connectivity index is 2.01. The maximum Gasteiger partial charge on any atom is 0.138 e. The zero-order valence-corrected chi connectivity index (χ0v) is 13.0. The van der Waals surface area contributed by atoms with Gasteiger partial charge in [-0.1, -0.05) is 49.0 Å². The topological polar surface area (TPSA) is 25.8 Å². The predicted molar refractivity (Wildman–Crippen MR) is 79.6 cm³/mol. The summed E-state index contributed by atoms with van der Waals surface area (Å²) < 4.78 is 4.52. The molecule has 0 N–H and O–H groups in total. The van der Waals surface area contributed by atoms with Crippen molar-refractivity contribution in [2.75, 3.05) is 0 Å². The van der Waals surface area contributed by atoms with E-state index in [1.54, 1.807) is 11.8 Å². The van der Waals surface area contributed by atoms with Crippen molar-refractivity contribution in [2.45, 2.75) is 36.8 Å². The molecular weight excluding hydrogens is 284 g/mol. The van der Waals surface area contributed by atoms with Crippen molar-refractivity contribution in [1.29, 1.82) is 0 Å². The van der Waals surface area contributed by atoms with E-state index in [-0.39, 0.29) is 5.41 Å². The van der Waals surface area contributed by atoms with Crippen LogP contribution in [-0.4, -0.2) is 9.59 Å². The molecule has 2 aromatic rings. The van der Waals surface area contributed by atoms with Gasteiger partial charge in [0, 0.05) is 22.2 Å². The molecule has 1 heterocycles. The van der Waals surface area contributed by atoms with E-state index in [1.165, 1.54) is 22.0 Å². The van der Waals surface area contributed by atoms with Crippen LogP contribution in [0.25, 0.3) is 0 Å². The summed E-state index contributed by atoms with van der Waals surface area (Å²) in [6.07, 6.45) is 0. The quantitative estimate of drug-likeness (QED) is 0.763. The van der Waals surface area contributed by atoms with Crippen molar-refractivity contribution in [2.24, 2.45) is 0 Å². The maximum absolute atomic E-state index is 5.97. The summed E-state index contributed by atoms with van der Waals surface area (Å²) in [5.74, 6) is 0.768. The number of nitrogens with zero attached hydrogens (tertiary/aromatic N) is 2. The Hall–Kier alpha value is -0.580. The lowest BCUT2D eigenvalue weighted by atomic mass is 9.87. The number of hydrogen-bond donors (Lipinski definition) is 0. The molecule has 1 aromatic carbocycles. The van der Waals surface area contributed by atoms with E-state index < -0.39 is 0 Å².